The van der Waals surface area contributed by atoms with Crippen LogP contribution in [-0.2, 0) is 11.2 Å². The van der Waals surface area contributed by atoms with Crippen LogP contribution >= 0.6 is 11.8 Å². The number of anilines is 1. The lowest BCUT2D eigenvalue weighted by molar-refractivity contribution is 0.373. The van der Waals surface area contributed by atoms with E-state index < -0.39 is 0 Å². The van der Waals surface area contributed by atoms with Crippen LogP contribution in [0.15, 0.2) is 27.6 Å². The maximum Gasteiger partial charge on any atom is 0.237 e. The topological polar surface area (TPSA) is 64.9 Å². The van der Waals surface area contributed by atoms with Gasteiger partial charge in [-0.3, -0.25) is 0 Å². The molecule has 5 heteroatoms. The molecule has 4 nitrogen and oxygen atoms in total. The van der Waals surface area contributed by atoms with Gasteiger partial charge in [0.1, 0.15) is 0 Å². The highest BCUT2D eigenvalue weighted by Gasteiger charge is 2.20. The number of rotatable bonds is 3. The summed E-state index contributed by atoms with van der Waals surface area (Å²) in [5.74, 6) is 2.08. The lowest BCUT2D eigenvalue weighted by Gasteiger charge is -2.10. The number of hydrogen-bond acceptors (Lipinski definition) is 5. The number of aryl methyl sites for hydroxylation is 1. The number of hydrogen-bond donors (Lipinski definition) is 1. The third-order valence-corrected chi connectivity index (χ3v) is 3.72. The van der Waals surface area contributed by atoms with Crippen LogP contribution in [0.5, 0.6) is 0 Å². The number of nitrogen functional groups attached to an aromatic ring is 1. The van der Waals surface area contributed by atoms with Gasteiger partial charge in [0.25, 0.3) is 0 Å². The van der Waals surface area contributed by atoms with Gasteiger partial charge < -0.3 is 10.3 Å². The molecule has 19 heavy (non-hydrogen) atoms. The van der Waals surface area contributed by atoms with Crippen molar-refractivity contribution in [1.82, 2.24) is 10.1 Å². The summed E-state index contributed by atoms with van der Waals surface area (Å²) in [5, 5.41) is 4.01. The predicted molar refractivity (Wildman–Crippen MR) is 78.2 cm³/mol. The summed E-state index contributed by atoms with van der Waals surface area (Å²) in [4.78, 5) is 5.57. The second-order valence-electron chi connectivity index (χ2n) is 5.57. The quantitative estimate of drug-likeness (QED) is 0.686. The highest BCUT2D eigenvalue weighted by Crippen LogP contribution is 2.26. The van der Waals surface area contributed by atoms with Crippen LogP contribution in [0.1, 0.15) is 38.0 Å². The Morgan fingerprint density at radius 2 is 2.05 bits per heavy atom. The van der Waals surface area contributed by atoms with Gasteiger partial charge in [0, 0.05) is 16.0 Å². The van der Waals surface area contributed by atoms with Crippen molar-refractivity contribution in [1.29, 1.82) is 0 Å². The highest BCUT2D eigenvalue weighted by atomic mass is 32.2. The van der Waals surface area contributed by atoms with E-state index in [1.165, 1.54) is 0 Å². The Bertz CT molecular complexity index is 572. The Kier molecular flexibility index (Phi) is 3.85. The molecule has 0 amide bonds. The summed E-state index contributed by atoms with van der Waals surface area (Å²) in [6, 6.07) is 6.00. The molecule has 2 aromatic rings. The van der Waals surface area contributed by atoms with E-state index in [2.05, 4.69) is 37.0 Å². The molecule has 2 rings (SSSR count). The van der Waals surface area contributed by atoms with Gasteiger partial charge in [-0.05, 0) is 30.7 Å². The fourth-order valence-corrected chi connectivity index (χ4v) is 2.33. The van der Waals surface area contributed by atoms with Crippen LogP contribution in [0.3, 0.4) is 0 Å². The summed E-state index contributed by atoms with van der Waals surface area (Å²) in [7, 11) is 0. The second-order valence-corrected chi connectivity index (χ2v) is 6.62. The van der Waals surface area contributed by atoms with Crippen molar-refractivity contribution < 1.29 is 4.52 Å². The van der Waals surface area contributed by atoms with E-state index in [1.54, 1.807) is 11.8 Å². The molecule has 0 radical (unpaired) electrons. The van der Waals surface area contributed by atoms with Crippen LogP contribution in [0.25, 0.3) is 0 Å². The first kappa shape index (κ1) is 13.9. The van der Waals surface area contributed by atoms with Gasteiger partial charge in [-0.25, -0.2) is 0 Å². The van der Waals surface area contributed by atoms with E-state index in [4.69, 9.17) is 10.3 Å². The normalized spacial score (nSPS) is 11.8. The third-order valence-electron chi connectivity index (χ3n) is 2.74. The molecule has 0 fully saturated rings. The van der Waals surface area contributed by atoms with Crippen molar-refractivity contribution in [2.45, 2.75) is 43.8 Å². The zero-order valence-corrected chi connectivity index (χ0v) is 12.5. The SMILES string of the molecule is Cc1cc(SCc2nc(C(C)(C)C)no2)ccc1N. The Morgan fingerprint density at radius 1 is 1.32 bits per heavy atom. The van der Waals surface area contributed by atoms with Crippen molar-refractivity contribution in [3.8, 4) is 0 Å². The minimum absolute atomic E-state index is 0.0792. The zero-order valence-electron chi connectivity index (χ0n) is 11.7. The number of nitrogens with zero attached hydrogens (tertiary/aromatic N) is 2. The molecule has 102 valence electrons. The minimum Gasteiger partial charge on any atom is -0.399 e. The van der Waals surface area contributed by atoms with Crippen LogP contribution in [-0.4, -0.2) is 10.1 Å². The maximum absolute atomic E-state index is 5.80. The molecule has 0 saturated heterocycles. The van der Waals surface area contributed by atoms with Crippen molar-refractivity contribution in [3.63, 3.8) is 0 Å². The minimum atomic E-state index is -0.0792. The smallest absolute Gasteiger partial charge is 0.237 e. The number of thioether (sulfide) groups is 1. The van der Waals surface area contributed by atoms with Crippen molar-refractivity contribution in [3.05, 3.63) is 35.5 Å². The van der Waals surface area contributed by atoms with E-state index in [-0.39, 0.29) is 5.41 Å². The van der Waals surface area contributed by atoms with Gasteiger partial charge in [0.2, 0.25) is 5.89 Å². The fourth-order valence-electron chi connectivity index (χ4n) is 1.50. The van der Waals surface area contributed by atoms with Gasteiger partial charge in [0.15, 0.2) is 5.82 Å². The summed E-state index contributed by atoms with van der Waals surface area (Å²) in [6.07, 6.45) is 0. The van der Waals surface area contributed by atoms with Crippen LogP contribution in [0, 0.1) is 6.92 Å². The summed E-state index contributed by atoms with van der Waals surface area (Å²) in [6.45, 7) is 8.21. The Labute approximate surface area is 117 Å². The summed E-state index contributed by atoms with van der Waals surface area (Å²) >= 11 is 1.67. The molecule has 0 aliphatic heterocycles. The number of nitrogens with two attached hydrogens (primary N) is 1. The highest BCUT2D eigenvalue weighted by molar-refractivity contribution is 7.98. The van der Waals surface area contributed by atoms with Gasteiger partial charge in [-0.1, -0.05) is 25.9 Å². The van der Waals surface area contributed by atoms with E-state index in [9.17, 15) is 0 Å². The van der Waals surface area contributed by atoms with Crippen LogP contribution in [0.4, 0.5) is 5.69 Å². The summed E-state index contributed by atoms with van der Waals surface area (Å²) in [5.41, 5.74) is 7.62. The van der Waals surface area contributed by atoms with Crippen LogP contribution < -0.4 is 5.73 Å². The first-order chi connectivity index (χ1) is 8.86. The van der Waals surface area contributed by atoms with Crippen LogP contribution in [0.2, 0.25) is 0 Å². The molecule has 0 atom stereocenters. The molecule has 0 aliphatic rings. The number of aromatic nitrogens is 2. The standard InChI is InChI=1S/C14H19N3OS/c1-9-7-10(5-6-11(9)15)19-8-12-16-13(17-18-12)14(2,3)4/h5-7H,8,15H2,1-4H3. The molecule has 1 aromatic carbocycles. The largest absolute Gasteiger partial charge is 0.399 e. The monoisotopic (exact) mass is 277 g/mol. The third kappa shape index (κ3) is 3.50. The Balaban J connectivity index is 2.02. The van der Waals surface area contributed by atoms with Gasteiger partial charge in [-0.15, -0.1) is 11.8 Å². The average Bonchev–Trinajstić information content (AvgIpc) is 2.79. The second kappa shape index (κ2) is 5.25. The molecule has 0 spiro atoms. The van der Waals surface area contributed by atoms with Crippen molar-refractivity contribution >= 4 is 17.4 Å². The molecule has 1 heterocycles. The van der Waals surface area contributed by atoms with Crippen molar-refractivity contribution in [2.24, 2.45) is 0 Å². The zero-order chi connectivity index (χ0) is 14.0. The molecular weight excluding hydrogens is 258 g/mol. The Hall–Kier alpha value is -1.49. The average molecular weight is 277 g/mol. The summed E-state index contributed by atoms with van der Waals surface area (Å²) < 4.78 is 5.26. The van der Waals surface area contributed by atoms with E-state index in [1.807, 2.05) is 19.1 Å². The maximum atomic E-state index is 5.80. The van der Waals surface area contributed by atoms with Gasteiger partial charge in [0.05, 0.1) is 5.75 Å². The first-order valence-corrected chi connectivity index (χ1v) is 7.17. The molecule has 0 bridgehead atoms. The molecule has 2 N–H and O–H groups in total. The lowest BCUT2D eigenvalue weighted by atomic mass is 9.96. The molecule has 1 aromatic heterocycles. The molecule has 0 saturated carbocycles. The molecular formula is C14H19N3OS. The molecule has 0 aliphatic carbocycles. The van der Waals surface area contributed by atoms with Gasteiger partial charge >= 0.3 is 0 Å². The fraction of sp³-hybridized carbons (Fsp3) is 0.429. The van der Waals surface area contributed by atoms with Crippen molar-refractivity contribution in [2.75, 3.05) is 5.73 Å². The Morgan fingerprint density at radius 3 is 2.63 bits per heavy atom. The lowest BCUT2D eigenvalue weighted by Crippen LogP contribution is -2.13. The first-order valence-electron chi connectivity index (χ1n) is 6.18. The van der Waals surface area contributed by atoms with E-state index in [0.29, 0.717) is 11.6 Å². The predicted octanol–water partition coefficient (Wildman–Crippen LogP) is 3.55. The van der Waals surface area contributed by atoms with E-state index in [0.717, 1.165) is 22.0 Å². The number of benzene rings is 1. The molecule has 0 unspecified atom stereocenters. The van der Waals surface area contributed by atoms with Gasteiger partial charge in [-0.2, -0.15) is 4.98 Å². The van der Waals surface area contributed by atoms with E-state index >= 15 is 0 Å².